The van der Waals surface area contributed by atoms with E-state index in [1.807, 2.05) is 45.3 Å². The predicted octanol–water partition coefficient (Wildman–Crippen LogP) is 14.9. The Morgan fingerprint density at radius 1 is 0.250 bits per heavy atom. The van der Waals surface area contributed by atoms with Gasteiger partial charge in [0.05, 0.1) is 9.40 Å². The fourth-order valence-electron chi connectivity index (χ4n) is 6.20. The highest BCUT2D eigenvalue weighted by Crippen LogP contribution is 2.44. The Bertz CT molecular complexity index is 2450. The van der Waals surface area contributed by atoms with Crippen LogP contribution in [0.2, 0.25) is 0 Å². The van der Waals surface area contributed by atoms with E-state index in [1.54, 1.807) is 0 Å². The monoisotopic (exact) mass is 684 g/mol. The van der Waals surface area contributed by atoms with Crippen molar-refractivity contribution in [1.29, 1.82) is 0 Å². The van der Waals surface area contributed by atoms with Crippen LogP contribution in [0.3, 0.4) is 0 Å². The number of hydrogen-bond acceptors (Lipinski definition) is 4. The van der Waals surface area contributed by atoms with E-state index < -0.39 is 0 Å². The van der Waals surface area contributed by atoms with Gasteiger partial charge in [-0.15, -0.1) is 45.3 Å². The summed E-state index contributed by atoms with van der Waals surface area (Å²) in [5.74, 6) is 0. The lowest BCUT2D eigenvalue weighted by molar-refractivity contribution is 1.62. The smallest absolute Gasteiger partial charge is 0.0535 e. The van der Waals surface area contributed by atoms with Gasteiger partial charge in [0.15, 0.2) is 0 Å². The summed E-state index contributed by atoms with van der Waals surface area (Å²) in [4.78, 5) is 2.70. The summed E-state index contributed by atoms with van der Waals surface area (Å²) >= 11 is 7.57. The highest BCUT2D eigenvalue weighted by molar-refractivity contribution is 7.34. The molecule has 10 rings (SSSR count). The van der Waals surface area contributed by atoms with Gasteiger partial charge in [0.25, 0.3) is 0 Å². The summed E-state index contributed by atoms with van der Waals surface area (Å²) in [5.41, 5.74) is 7.66. The molecular formula is C44H28S4. The fourth-order valence-corrected chi connectivity index (χ4v) is 11.3. The van der Waals surface area contributed by atoms with E-state index in [9.17, 15) is 0 Å². The zero-order chi connectivity index (χ0) is 31.9. The van der Waals surface area contributed by atoms with Gasteiger partial charge in [-0.25, -0.2) is 0 Å². The molecule has 0 saturated carbocycles. The Hall–Kier alpha value is -4.84. The number of rotatable bonds is 4. The van der Waals surface area contributed by atoms with Crippen molar-refractivity contribution >= 4 is 84.3 Å². The number of thiophene rings is 4. The molecule has 0 atom stereocenters. The molecule has 228 valence electrons. The van der Waals surface area contributed by atoms with Crippen molar-refractivity contribution in [2.24, 2.45) is 0 Å². The van der Waals surface area contributed by atoms with Gasteiger partial charge in [-0.05, 0) is 57.6 Å². The van der Waals surface area contributed by atoms with Crippen LogP contribution in [0.15, 0.2) is 170 Å². The number of benzene rings is 6. The molecule has 0 spiro atoms. The van der Waals surface area contributed by atoms with Crippen LogP contribution in [-0.4, -0.2) is 0 Å². The Morgan fingerprint density at radius 2 is 0.583 bits per heavy atom. The molecule has 0 unspecified atom stereocenters. The van der Waals surface area contributed by atoms with Crippen LogP contribution in [0.1, 0.15) is 0 Å². The van der Waals surface area contributed by atoms with E-state index in [2.05, 4.69) is 170 Å². The molecule has 0 nitrogen and oxygen atoms in total. The average Bonchev–Trinajstić information content (AvgIpc) is 3.93. The van der Waals surface area contributed by atoms with Crippen molar-refractivity contribution < 1.29 is 0 Å². The predicted molar refractivity (Wildman–Crippen MR) is 216 cm³/mol. The summed E-state index contributed by atoms with van der Waals surface area (Å²) in [7, 11) is 0. The van der Waals surface area contributed by atoms with Gasteiger partial charge in [0, 0.05) is 39.3 Å². The summed E-state index contributed by atoms with van der Waals surface area (Å²) in [6.07, 6.45) is 0. The first-order valence-electron chi connectivity index (χ1n) is 15.9. The maximum absolute atomic E-state index is 2.34. The average molecular weight is 685 g/mol. The van der Waals surface area contributed by atoms with E-state index in [1.165, 1.54) is 82.1 Å². The molecule has 10 aromatic rings. The lowest BCUT2D eigenvalue weighted by Crippen LogP contribution is -1.77. The number of hydrogen-bond donors (Lipinski definition) is 0. The van der Waals surface area contributed by atoms with E-state index >= 15 is 0 Å². The Morgan fingerprint density at radius 3 is 1.00 bits per heavy atom. The first kappa shape index (κ1) is 29.3. The van der Waals surface area contributed by atoms with Crippen LogP contribution in [-0.2, 0) is 0 Å². The minimum atomic E-state index is 1.27. The quantitative estimate of drug-likeness (QED) is 0.173. The molecule has 0 aliphatic carbocycles. The Balaban J connectivity index is 0.000000131. The molecule has 0 aliphatic heterocycles. The van der Waals surface area contributed by atoms with Crippen molar-refractivity contribution in [2.45, 2.75) is 0 Å². The van der Waals surface area contributed by atoms with Crippen molar-refractivity contribution in [3.05, 3.63) is 170 Å². The second kappa shape index (κ2) is 12.6. The molecule has 4 heteroatoms. The Kier molecular flexibility index (Phi) is 7.72. The molecule has 6 aromatic carbocycles. The van der Waals surface area contributed by atoms with Gasteiger partial charge in [-0.2, -0.15) is 0 Å². The normalized spacial score (nSPS) is 11.3. The van der Waals surface area contributed by atoms with E-state index in [0.717, 1.165) is 0 Å². The molecule has 0 N–H and O–H groups in total. The molecule has 0 bridgehead atoms. The summed E-state index contributed by atoms with van der Waals surface area (Å²) in [6, 6.07) is 60.9. The first-order chi connectivity index (χ1) is 23.8. The third kappa shape index (κ3) is 5.57. The standard InChI is InChI=1S/2C22H14S2/c2*1-2-6-15(7-3-1)16-10-12-17(13-11-16)20-14-21-22(24-20)18-8-4-5-9-19(18)23-21/h2*1-14H. The molecule has 4 heterocycles. The topological polar surface area (TPSA) is 0 Å². The Labute approximate surface area is 295 Å². The van der Waals surface area contributed by atoms with Crippen molar-refractivity contribution in [3.63, 3.8) is 0 Å². The number of fused-ring (bicyclic) bond motifs is 6. The van der Waals surface area contributed by atoms with Crippen LogP contribution in [0.25, 0.3) is 82.1 Å². The molecule has 0 radical (unpaired) electrons. The van der Waals surface area contributed by atoms with Gasteiger partial charge in [-0.1, -0.05) is 146 Å². The lowest BCUT2D eigenvalue weighted by Gasteiger charge is -2.03. The minimum absolute atomic E-state index is 1.27. The maximum Gasteiger partial charge on any atom is 0.0535 e. The zero-order valence-electron chi connectivity index (χ0n) is 25.8. The maximum atomic E-state index is 2.34. The molecule has 0 aliphatic rings. The van der Waals surface area contributed by atoms with Gasteiger partial charge < -0.3 is 0 Å². The van der Waals surface area contributed by atoms with E-state index in [0.29, 0.717) is 0 Å². The lowest BCUT2D eigenvalue weighted by atomic mass is 10.0. The zero-order valence-corrected chi connectivity index (χ0v) is 29.1. The molecule has 0 fully saturated rings. The van der Waals surface area contributed by atoms with Crippen LogP contribution in [0.4, 0.5) is 0 Å². The highest BCUT2D eigenvalue weighted by atomic mass is 32.1. The van der Waals surface area contributed by atoms with Gasteiger partial charge in [0.2, 0.25) is 0 Å². The van der Waals surface area contributed by atoms with Crippen molar-refractivity contribution in [3.8, 4) is 43.1 Å². The fraction of sp³-hybridized carbons (Fsp3) is 0. The van der Waals surface area contributed by atoms with Crippen molar-refractivity contribution in [2.75, 3.05) is 0 Å². The summed E-state index contributed by atoms with van der Waals surface area (Å²) in [6.45, 7) is 0. The van der Waals surface area contributed by atoms with Gasteiger partial charge in [-0.3, -0.25) is 0 Å². The highest BCUT2D eigenvalue weighted by Gasteiger charge is 2.12. The van der Waals surface area contributed by atoms with Gasteiger partial charge in [0.1, 0.15) is 0 Å². The van der Waals surface area contributed by atoms with Crippen LogP contribution >= 0.6 is 45.3 Å². The van der Waals surface area contributed by atoms with Crippen molar-refractivity contribution in [1.82, 2.24) is 0 Å². The van der Waals surface area contributed by atoms with E-state index in [-0.39, 0.29) is 0 Å². The SMILES string of the molecule is c1ccc(-c2ccc(-c3cc4sc5ccccc5c4s3)cc2)cc1.c1ccc(-c2ccc(-c3cc4sc5ccccc5c4s3)cc2)cc1. The molecular weight excluding hydrogens is 657 g/mol. The third-order valence-corrected chi connectivity index (χ3v) is 13.6. The molecule has 0 saturated heterocycles. The second-order valence-electron chi connectivity index (χ2n) is 11.7. The summed E-state index contributed by atoms with van der Waals surface area (Å²) in [5, 5.41) is 2.77. The van der Waals surface area contributed by atoms with Crippen LogP contribution in [0.5, 0.6) is 0 Å². The molecule has 0 amide bonds. The van der Waals surface area contributed by atoms with Crippen LogP contribution < -0.4 is 0 Å². The van der Waals surface area contributed by atoms with Gasteiger partial charge >= 0.3 is 0 Å². The summed E-state index contributed by atoms with van der Waals surface area (Å²) < 4.78 is 8.37. The van der Waals surface area contributed by atoms with Crippen LogP contribution in [0, 0.1) is 0 Å². The molecule has 4 aromatic heterocycles. The first-order valence-corrected chi connectivity index (χ1v) is 19.2. The third-order valence-electron chi connectivity index (χ3n) is 8.65. The largest absolute Gasteiger partial charge is 0.134 e. The second-order valence-corrected chi connectivity index (χ2v) is 16.0. The molecule has 48 heavy (non-hydrogen) atoms. The van der Waals surface area contributed by atoms with E-state index in [4.69, 9.17) is 0 Å². The minimum Gasteiger partial charge on any atom is -0.134 e.